The lowest BCUT2D eigenvalue weighted by molar-refractivity contribution is -0.385. The van der Waals surface area contributed by atoms with Crippen molar-refractivity contribution in [1.29, 1.82) is 0 Å². The monoisotopic (exact) mass is 344 g/mol. The molecule has 2 rings (SSSR count). The molecule has 1 fully saturated rings. The molecule has 0 amide bonds. The van der Waals surface area contributed by atoms with Gasteiger partial charge in [0.2, 0.25) is 0 Å². The maximum absolute atomic E-state index is 14.4. The van der Waals surface area contributed by atoms with Gasteiger partial charge in [-0.05, 0) is 12.8 Å². The quantitative estimate of drug-likeness (QED) is 0.607. The molecule has 23 heavy (non-hydrogen) atoms. The minimum absolute atomic E-state index is 0.0247. The number of hydrogen-bond donors (Lipinski definition) is 0. The first kappa shape index (κ1) is 17.7. The lowest BCUT2D eigenvalue weighted by Gasteiger charge is -2.42. The van der Waals surface area contributed by atoms with E-state index < -0.39 is 27.2 Å². The average Bonchev–Trinajstić information content (AvgIpc) is 2.55. The third kappa shape index (κ3) is 3.17. The van der Waals surface area contributed by atoms with Gasteiger partial charge in [-0.1, -0.05) is 13.8 Å². The highest BCUT2D eigenvalue weighted by Gasteiger charge is 2.39. The number of hydrogen-bond acceptors (Lipinski definition) is 5. The zero-order valence-electron chi connectivity index (χ0n) is 13.5. The molecule has 1 unspecified atom stereocenters. The molecule has 1 heterocycles. The van der Waals surface area contributed by atoms with E-state index in [1.807, 2.05) is 18.7 Å². The topological polar surface area (TPSA) is 72.7 Å². The number of nitrogens with zero attached hydrogens (tertiary/aromatic N) is 2. The van der Waals surface area contributed by atoms with Crippen molar-refractivity contribution in [3.63, 3.8) is 0 Å². The number of benzene rings is 1. The van der Waals surface area contributed by atoms with E-state index >= 15 is 0 Å². The van der Waals surface area contributed by atoms with Gasteiger partial charge in [0.05, 0.1) is 28.5 Å². The van der Waals surface area contributed by atoms with E-state index in [2.05, 4.69) is 0 Å². The van der Waals surface area contributed by atoms with Gasteiger partial charge in [-0.25, -0.2) is 4.39 Å². The summed E-state index contributed by atoms with van der Waals surface area (Å²) < 4.78 is 31.4. The lowest BCUT2D eigenvalue weighted by Crippen LogP contribution is -2.53. The zero-order valence-corrected chi connectivity index (χ0v) is 14.3. The fraction of sp³-hybridized carbons (Fsp3) is 0.600. The molecule has 0 aliphatic carbocycles. The van der Waals surface area contributed by atoms with Crippen LogP contribution in [-0.4, -0.2) is 39.8 Å². The molecular formula is C15H21FN2O4S. The lowest BCUT2D eigenvalue weighted by atomic mass is 10.0. The molecule has 1 atom stereocenters. The van der Waals surface area contributed by atoms with Crippen molar-refractivity contribution < 1.29 is 18.3 Å². The number of rotatable bonds is 5. The Hall–Kier alpha value is -1.70. The molecule has 1 aliphatic rings. The van der Waals surface area contributed by atoms with Crippen LogP contribution in [0.4, 0.5) is 15.8 Å². The van der Waals surface area contributed by atoms with Gasteiger partial charge in [0.1, 0.15) is 0 Å². The Balaban J connectivity index is 2.42. The second-order valence-electron chi connectivity index (χ2n) is 5.59. The summed E-state index contributed by atoms with van der Waals surface area (Å²) in [7, 11) is 0.357. The maximum Gasteiger partial charge on any atom is 0.313 e. The van der Waals surface area contributed by atoms with Crippen LogP contribution in [0.5, 0.6) is 5.75 Å². The SMILES string of the molecule is CCC1(CC)CN(c2cc(OC)c([N+](=O)[O-])cc2F)CCS1=O. The molecule has 8 heteroatoms. The molecule has 6 nitrogen and oxygen atoms in total. The second kappa shape index (κ2) is 6.82. The van der Waals surface area contributed by atoms with Crippen LogP contribution in [0.3, 0.4) is 0 Å². The minimum atomic E-state index is -0.960. The van der Waals surface area contributed by atoms with Crippen molar-refractivity contribution in [3.8, 4) is 5.75 Å². The Morgan fingerprint density at radius 3 is 2.61 bits per heavy atom. The molecule has 1 aliphatic heterocycles. The van der Waals surface area contributed by atoms with Crippen LogP contribution in [0, 0.1) is 15.9 Å². The third-order valence-corrected chi connectivity index (χ3v) is 6.81. The van der Waals surface area contributed by atoms with Crippen molar-refractivity contribution in [3.05, 3.63) is 28.1 Å². The predicted octanol–water partition coefficient (Wildman–Crippen LogP) is 2.87. The van der Waals surface area contributed by atoms with E-state index in [1.54, 1.807) is 0 Å². The summed E-state index contributed by atoms with van der Waals surface area (Å²) in [5.74, 6) is -0.177. The molecule has 0 N–H and O–H groups in total. The summed E-state index contributed by atoms with van der Waals surface area (Å²) in [6.45, 7) is 4.88. The van der Waals surface area contributed by atoms with Gasteiger partial charge < -0.3 is 9.64 Å². The van der Waals surface area contributed by atoms with Crippen LogP contribution < -0.4 is 9.64 Å². The van der Waals surface area contributed by atoms with Crippen LogP contribution in [-0.2, 0) is 10.8 Å². The van der Waals surface area contributed by atoms with Gasteiger partial charge in [-0.2, -0.15) is 0 Å². The smallest absolute Gasteiger partial charge is 0.313 e. The first-order valence-corrected chi connectivity index (χ1v) is 8.85. The highest BCUT2D eigenvalue weighted by molar-refractivity contribution is 7.86. The molecule has 0 radical (unpaired) electrons. The number of nitro groups is 1. The van der Waals surface area contributed by atoms with Crippen LogP contribution in [0.2, 0.25) is 0 Å². The number of ether oxygens (including phenoxy) is 1. The van der Waals surface area contributed by atoms with Gasteiger partial charge in [0.25, 0.3) is 0 Å². The zero-order chi connectivity index (χ0) is 17.2. The first-order valence-electron chi connectivity index (χ1n) is 7.54. The Morgan fingerprint density at radius 2 is 2.09 bits per heavy atom. The highest BCUT2D eigenvalue weighted by atomic mass is 32.2. The average molecular weight is 344 g/mol. The molecular weight excluding hydrogens is 323 g/mol. The predicted molar refractivity (Wildman–Crippen MR) is 88.1 cm³/mol. The molecule has 0 saturated carbocycles. The summed E-state index contributed by atoms with van der Waals surface area (Å²) in [6.07, 6.45) is 1.47. The van der Waals surface area contributed by atoms with Crippen LogP contribution >= 0.6 is 0 Å². The fourth-order valence-electron chi connectivity index (χ4n) is 2.99. The Morgan fingerprint density at radius 1 is 1.43 bits per heavy atom. The first-order chi connectivity index (χ1) is 10.9. The number of nitro benzene ring substituents is 1. The van der Waals surface area contributed by atoms with Crippen molar-refractivity contribution in [2.24, 2.45) is 0 Å². The summed E-state index contributed by atoms with van der Waals surface area (Å²) in [5, 5.41) is 11.0. The van der Waals surface area contributed by atoms with E-state index in [1.165, 1.54) is 13.2 Å². The van der Waals surface area contributed by atoms with Crippen LogP contribution in [0.25, 0.3) is 0 Å². The summed E-state index contributed by atoms with van der Waals surface area (Å²) in [6, 6.07) is 2.25. The fourth-order valence-corrected chi connectivity index (χ4v) is 4.75. The van der Waals surface area contributed by atoms with Gasteiger partial charge >= 0.3 is 5.69 Å². The van der Waals surface area contributed by atoms with E-state index in [-0.39, 0.29) is 16.2 Å². The molecule has 0 spiro atoms. The summed E-state index contributed by atoms with van der Waals surface area (Å²) in [4.78, 5) is 12.1. The van der Waals surface area contributed by atoms with Crippen LogP contribution in [0.15, 0.2) is 12.1 Å². The summed E-state index contributed by atoms with van der Waals surface area (Å²) >= 11 is 0. The number of methoxy groups -OCH3 is 1. The highest BCUT2D eigenvalue weighted by Crippen LogP contribution is 2.37. The Labute approximate surface area is 137 Å². The van der Waals surface area contributed by atoms with Gasteiger partial charge in [0.15, 0.2) is 11.6 Å². The largest absolute Gasteiger partial charge is 0.490 e. The van der Waals surface area contributed by atoms with Crippen molar-refractivity contribution in [2.45, 2.75) is 31.4 Å². The molecule has 0 bridgehead atoms. The second-order valence-corrected chi connectivity index (χ2v) is 7.56. The van der Waals surface area contributed by atoms with Crippen LogP contribution in [0.1, 0.15) is 26.7 Å². The molecule has 128 valence electrons. The Kier molecular flexibility index (Phi) is 5.23. The standard InChI is InChI=1S/C15H21FN2O4S/c1-4-15(5-2)10-17(6-7-23(15)21)12-9-14(22-3)13(18(19)20)8-11(12)16/h8-9H,4-7,10H2,1-3H3. The normalized spacial score (nSPS) is 20.3. The van der Waals surface area contributed by atoms with Gasteiger partial charge in [-0.15, -0.1) is 0 Å². The minimum Gasteiger partial charge on any atom is -0.490 e. The molecule has 1 aromatic carbocycles. The van der Waals surface area contributed by atoms with Crippen molar-refractivity contribution >= 4 is 22.2 Å². The molecule has 1 aromatic rings. The number of anilines is 1. The number of halogens is 1. The molecule has 0 aromatic heterocycles. The van der Waals surface area contributed by atoms with Crippen molar-refractivity contribution in [1.82, 2.24) is 0 Å². The molecule has 1 saturated heterocycles. The maximum atomic E-state index is 14.4. The summed E-state index contributed by atoms with van der Waals surface area (Å²) in [5.41, 5.74) is -0.137. The Bertz CT molecular complexity index is 634. The third-order valence-electron chi connectivity index (χ3n) is 4.58. The van der Waals surface area contributed by atoms with Gasteiger partial charge in [0, 0.05) is 35.7 Å². The van der Waals surface area contributed by atoms with Gasteiger partial charge in [-0.3, -0.25) is 14.3 Å². The van der Waals surface area contributed by atoms with Crippen molar-refractivity contribution in [2.75, 3.05) is 30.9 Å². The van der Waals surface area contributed by atoms with E-state index in [0.717, 1.165) is 18.9 Å². The van der Waals surface area contributed by atoms with E-state index in [4.69, 9.17) is 4.74 Å². The van der Waals surface area contributed by atoms with E-state index in [0.29, 0.717) is 18.8 Å². The van der Waals surface area contributed by atoms with E-state index in [9.17, 15) is 18.7 Å².